The second-order valence-corrected chi connectivity index (χ2v) is 21.3. The third kappa shape index (κ3) is 9.53. The van der Waals surface area contributed by atoms with E-state index in [9.17, 15) is 0 Å². The van der Waals surface area contributed by atoms with Gasteiger partial charge in [-0.05, 0) is 51.4 Å². The van der Waals surface area contributed by atoms with E-state index >= 15 is 0 Å². The van der Waals surface area contributed by atoms with Crippen LogP contribution in [0, 0.1) is 0 Å². The highest BCUT2D eigenvalue weighted by atomic mass is 31.1. The van der Waals surface area contributed by atoms with Crippen molar-refractivity contribution in [3.8, 4) is 0 Å². The van der Waals surface area contributed by atoms with Gasteiger partial charge < -0.3 is 28.0 Å². The predicted molar refractivity (Wildman–Crippen MR) is 211 cm³/mol. The van der Waals surface area contributed by atoms with Crippen LogP contribution in [0.25, 0.3) is 0 Å². The fraction of sp³-hybridized carbons (Fsp3) is 0.727. The molecule has 0 spiro atoms. The van der Waals surface area contributed by atoms with Crippen molar-refractivity contribution in [1.82, 2.24) is 0 Å². The first kappa shape index (κ1) is 38.0. The van der Waals surface area contributed by atoms with E-state index in [4.69, 9.17) is 28.0 Å². The van der Waals surface area contributed by atoms with Gasteiger partial charge in [0.15, 0.2) is 12.6 Å². The molecular weight excluding hydrogens is 686 g/mol. The number of ether oxygens (including phenoxy) is 4. The Bertz CT molecular complexity index is 1170. The number of benzene rings is 2. The van der Waals surface area contributed by atoms with E-state index in [1.165, 1.54) is 128 Å². The van der Waals surface area contributed by atoms with Gasteiger partial charge in [-0.25, -0.2) is 0 Å². The summed E-state index contributed by atoms with van der Waals surface area (Å²) in [5, 5.41) is 0. The Hall–Kier alpha value is -0.940. The lowest BCUT2D eigenvalue weighted by molar-refractivity contribution is -0.325. The van der Waals surface area contributed by atoms with Gasteiger partial charge in [0.05, 0.1) is 13.2 Å². The van der Waals surface area contributed by atoms with E-state index in [0.717, 1.165) is 11.1 Å². The highest BCUT2D eigenvalue weighted by Gasteiger charge is 2.50. The molecule has 0 N–H and O–H groups in total. The second-order valence-electron chi connectivity index (χ2n) is 16.5. The maximum atomic E-state index is 7.59. The Balaban J connectivity index is 1.12. The lowest BCUT2D eigenvalue weighted by atomic mass is 9.99. The number of hydrogen-bond acceptors (Lipinski definition) is 6. The highest BCUT2D eigenvalue weighted by molar-refractivity contribution is 7.54. The normalized spacial score (nSPS) is 32.3. The standard InChI is InChI=1S/C44H64O6P2/c1-7-19-33(20-8-1)43-45-31-39(49-51(35-23-11-3-12-24-35)36-25-13-4-14-26-36)41(47-43)42-40(32-46-44(48-42)34-21-9-2-10-22-34)50-52(37-27-15-5-16-28-37)38-29-17-6-18-30-38/h1-2,7-10,19-22,35-44H,3-6,11-18,23-32H2/t39-,40-,41-,42-,43?,44?/m1/s1. The summed E-state index contributed by atoms with van der Waals surface area (Å²) in [7, 11) is -1.25. The zero-order valence-electron chi connectivity index (χ0n) is 31.4. The molecule has 8 rings (SSSR count). The monoisotopic (exact) mass is 750 g/mol. The molecule has 2 aromatic rings. The van der Waals surface area contributed by atoms with Crippen LogP contribution in [-0.4, -0.2) is 60.3 Å². The lowest BCUT2D eigenvalue weighted by Crippen LogP contribution is -2.57. The van der Waals surface area contributed by atoms with Gasteiger partial charge in [0.2, 0.25) is 0 Å². The SMILES string of the molecule is c1ccc(C2OC[C@@H](OP(C3CCCCC3)C3CCCCC3)[C@H]([C@@H]3OC(c4ccccc4)OC[C@H]3OP(C3CCCCC3)C3CCCCC3)O2)cc1. The summed E-state index contributed by atoms with van der Waals surface area (Å²) < 4.78 is 42.8. The first-order valence-electron chi connectivity index (χ1n) is 21.3. The van der Waals surface area contributed by atoms with Crippen molar-refractivity contribution in [2.24, 2.45) is 0 Å². The van der Waals surface area contributed by atoms with Crippen LogP contribution in [-0.2, 0) is 28.0 Å². The van der Waals surface area contributed by atoms with Gasteiger partial charge in [0.25, 0.3) is 0 Å². The summed E-state index contributed by atoms with van der Waals surface area (Å²) in [6.45, 7) is 1.01. The molecule has 6 aliphatic rings. The summed E-state index contributed by atoms with van der Waals surface area (Å²) in [5.41, 5.74) is 4.77. The highest BCUT2D eigenvalue weighted by Crippen LogP contribution is 2.60. The van der Waals surface area contributed by atoms with Gasteiger partial charge in [-0.2, -0.15) is 0 Å². The third-order valence-corrected chi connectivity index (χ3v) is 18.8. The molecule has 6 atom stereocenters. The zero-order valence-corrected chi connectivity index (χ0v) is 33.2. The Morgan fingerprint density at radius 1 is 0.404 bits per heavy atom. The molecule has 0 bridgehead atoms. The maximum Gasteiger partial charge on any atom is 0.184 e. The molecule has 52 heavy (non-hydrogen) atoms. The van der Waals surface area contributed by atoms with Crippen LogP contribution in [0.3, 0.4) is 0 Å². The Morgan fingerprint density at radius 3 is 1.02 bits per heavy atom. The largest absolute Gasteiger partial charge is 0.350 e. The van der Waals surface area contributed by atoms with E-state index in [0.29, 0.717) is 35.8 Å². The zero-order chi connectivity index (χ0) is 35.0. The lowest BCUT2D eigenvalue weighted by Gasteiger charge is -2.49. The van der Waals surface area contributed by atoms with Crippen molar-refractivity contribution in [3.05, 3.63) is 71.8 Å². The smallest absolute Gasteiger partial charge is 0.184 e. The molecule has 8 heteroatoms. The van der Waals surface area contributed by atoms with Gasteiger partial charge in [0.1, 0.15) is 24.4 Å². The number of rotatable bonds is 11. The van der Waals surface area contributed by atoms with Crippen LogP contribution in [0.4, 0.5) is 0 Å². The Labute approximate surface area is 316 Å². The summed E-state index contributed by atoms with van der Waals surface area (Å²) >= 11 is 0. The van der Waals surface area contributed by atoms with Crippen molar-refractivity contribution in [2.45, 2.75) is 188 Å². The average molecular weight is 751 g/mol. The van der Waals surface area contributed by atoms with Gasteiger partial charge in [-0.15, -0.1) is 0 Å². The van der Waals surface area contributed by atoms with Crippen molar-refractivity contribution in [1.29, 1.82) is 0 Å². The van der Waals surface area contributed by atoms with E-state index in [-0.39, 0.29) is 24.4 Å². The van der Waals surface area contributed by atoms with Crippen LogP contribution >= 0.6 is 16.3 Å². The van der Waals surface area contributed by atoms with Crippen molar-refractivity contribution in [3.63, 3.8) is 0 Å². The van der Waals surface area contributed by atoms with Gasteiger partial charge in [-0.3, -0.25) is 0 Å². The topological polar surface area (TPSA) is 55.4 Å². The summed E-state index contributed by atoms with van der Waals surface area (Å²) in [6, 6.07) is 20.9. The summed E-state index contributed by atoms with van der Waals surface area (Å²) in [4.78, 5) is 0. The van der Waals surface area contributed by atoms with Crippen molar-refractivity contribution >= 4 is 16.3 Å². The van der Waals surface area contributed by atoms with Crippen LogP contribution in [0.2, 0.25) is 0 Å². The van der Waals surface area contributed by atoms with Crippen molar-refractivity contribution in [2.75, 3.05) is 13.2 Å². The Morgan fingerprint density at radius 2 is 0.712 bits per heavy atom. The second kappa shape index (κ2) is 19.3. The van der Waals surface area contributed by atoms with Crippen LogP contribution in [0.5, 0.6) is 0 Å². The van der Waals surface area contributed by atoms with Crippen molar-refractivity contribution < 1.29 is 28.0 Å². The van der Waals surface area contributed by atoms with Gasteiger partial charge >= 0.3 is 0 Å². The summed E-state index contributed by atoms with van der Waals surface area (Å²) in [5.74, 6) is 0. The molecule has 0 amide bonds. The molecule has 0 aromatic heterocycles. The van der Waals surface area contributed by atoms with E-state index in [1.807, 2.05) is 0 Å². The van der Waals surface area contributed by atoms with Gasteiger partial charge in [-0.1, -0.05) is 138 Å². The predicted octanol–water partition coefficient (Wildman–Crippen LogP) is 12.1. The maximum absolute atomic E-state index is 7.59. The molecule has 2 aromatic carbocycles. The molecule has 0 radical (unpaired) electrons. The molecule has 4 aliphatic carbocycles. The first-order chi connectivity index (χ1) is 25.8. The molecule has 6 nitrogen and oxygen atoms in total. The van der Waals surface area contributed by atoms with Crippen LogP contribution < -0.4 is 0 Å². The fourth-order valence-corrected chi connectivity index (χ4v) is 16.4. The van der Waals surface area contributed by atoms with E-state index in [2.05, 4.69) is 60.7 Å². The Kier molecular flexibility index (Phi) is 14.1. The molecule has 2 aliphatic heterocycles. The average Bonchev–Trinajstić information content (AvgIpc) is 3.24. The van der Waals surface area contributed by atoms with Crippen LogP contribution in [0.15, 0.2) is 60.7 Å². The van der Waals surface area contributed by atoms with E-state index in [1.54, 1.807) is 0 Å². The molecule has 6 fully saturated rings. The molecule has 2 saturated heterocycles. The minimum atomic E-state index is -0.626. The summed E-state index contributed by atoms with van der Waals surface area (Å²) in [6.07, 6.45) is 24.5. The molecule has 4 saturated carbocycles. The molecule has 2 heterocycles. The van der Waals surface area contributed by atoms with Gasteiger partial charge in [0, 0.05) is 50.1 Å². The molecular formula is C44H64O6P2. The number of hydrogen-bond donors (Lipinski definition) is 0. The van der Waals surface area contributed by atoms with E-state index < -0.39 is 28.9 Å². The minimum Gasteiger partial charge on any atom is -0.350 e. The van der Waals surface area contributed by atoms with Crippen LogP contribution in [0.1, 0.15) is 152 Å². The molecule has 2 unspecified atom stereocenters. The minimum absolute atomic E-state index is 0.212. The third-order valence-electron chi connectivity index (χ3n) is 12.8. The first-order valence-corrected chi connectivity index (χ1v) is 24.1. The fourth-order valence-electron chi connectivity index (χ4n) is 10.0. The molecule has 286 valence electrons. The quantitative estimate of drug-likeness (QED) is 0.213.